The summed E-state index contributed by atoms with van der Waals surface area (Å²) in [4.78, 5) is 15.4. The number of rotatable bonds is 2. The maximum atomic E-state index is 12.3. The average Bonchev–Trinajstić information content (AvgIpc) is 2.89. The molecule has 3 nitrogen and oxygen atoms in total. The van der Waals surface area contributed by atoms with E-state index in [0.717, 1.165) is 21.1 Å². The van der Waals surface area contributed by atoms with Gasteiger partial charge in [-0.15, -0.1) is 0 Å². The van der Waals surface area contributed by atoms with Gasteiger partial charge in [0, 0.05) is 27.1 Å². The minimum Gasteiger partial charge on any atom is -0.361 e. The fourth-order valence-electron chi connectivity index (χ4n) is 2.04. The van der Waals surface area contributed by atoms with Crippen molar-refractivity contribution in [2.45, 2.75) is 0 Å². The van der Waals surface area contributed by atoms with Crippen LogP contribution < -0.4 is 5.32 Å². The van der Waals surface area contributed by atoms with Crippen LogP contribution in [0.4, 0.5) is 5.69 Å². The summed E-state index contributed by atoms with van der Waals surface area (Å²) in [7, 11) is 0. The zero-order valence-corrected chi connectivity index (χ0v) is 11.6. The monoisotopic (exact) mass is 314 g/mol. The number of aromatic amines is 1. The molecular formula is C15H11BrN2O. The summed E-state index contributed by atoms with van der Waals surface area (Å²) in [5.74, 6) is -0.114. The summed E-state index contributed by atoms with van der Waals surface area (Å²) in [6.07, 6.45) is 1.83. The van der Waals surface area contributed by atoms with E-state index < -0.39 is 0 Å². The molecule has 0 fully saturated rings. The quantitative estimate of drug-likeness (QED) is 0.732. The largest absolute Gasteiger partial charge is 0.361 e. The van der Waals surface area contributed by atoms with Crippen LogP contribution in [-0.4, -0.2) is 10.9 Å². The third-order valence-corrected chi connectivity index (χ3v) is 3.65. The van der Waals surface area contributed by atoms with Gasteiger partial charge >= 0.3 is 0 Å². The number of nitrogens with one attached hydrogen (secondary N) is 2. The van der Waals surface area contributed by atoms with Gasteiger partial charge in [0.2, 0.25) is 0 Å². The lowest BCUT2D eigenvalue weighted by atomic mass is 10.1. The fraction of sp³-hybridized carbons (Fsp3) is 0. The van der Waals surface area contributed by atoms with Crippen LogP contribution in [0.15, 0.2) is 59.2 Å². The molecule has 0 aliphatic carbocycles. The molecule has 0 atom stereocenters. The highest BCUT2D eigenvalue weighted by Crippen LogP contribution is 2.23. The molecule has 0 aliphatic heterocycles. The van der Waals surface area contributed by atoms with E-state index in [1.54, 1.807) is 0 Å². The van der Waals surface area contributed by atoms with Gasteiger partial charge in [0.1, 0.15) is 0 Å². The number of carbonyl (C=O) groups is 1. The summed E-state index contributed by atoms with van der Waals surface area (Å²) < 4.78 is 0.865. The molecule has 0 saturated carbocycles. The number of amides is 1. The lowest BCUT2D eigenvalue weighted by Crippen LogP contribution is -2.12. The standard InChI is InChI=1S/C15H11BrN2O/c16-12-5-1-2-6-14(12)18-15(19)11-4-3-7-13-10(11)8-9-17-13/h1-9,17H,(H,18,19). The number of hydrogen-bond acceptors (Lipinski definition) is 1. The minimum atomic E-state index is -0.114. The van der Waals surface area contributed by atoms with Gasteiger partial charge in [-0.1, -0.05) is 18.2 Å². The molecule has 0 unspecified atom stereocenters. The third-order valence-electron chi connectivity index (χ3n) is 2.96. The van der Waals surface area contributed by atoms with E-state index in [2.05, 4.69) is 26.2 Å². The molecule has 2 N–H and O–H groups in total. The van der Waals surface area contributed by atoms with E-state index >= 15 is 0 Å². The second-order valence-corrected chi connectivity index (χ2v) is 5.03. The van der Waals surface area contributed by atoms with Crippen molar-refractivity contribution in [1.82, 2.24) is 4.98 Å². The molecule has 1 aromatic heterocycles. The highest BCUT2D eigenvalue weighted by Gasteiger charge is 2.11. The Balaban J connectivity index is 1.97. The van der Waals surface area contributed by atoms with Crippen molar-refractivity contribution in [3.8, 4) is 0 Å². The summed E-state index contributed by atoms with van der Waals surface area (Å²) in [6, 6.07) is 15.1. The van der Waals surface area contributed by atoms with Gasteiger partial charge in [0.05, 0.1) is 5.69 Å². The zero-order valence-electron chi connectivity index (χ0n) is 9.98. The number of fused-ring (bicyclic) bond motifs is 1. The molecule has 0 spiro atoms. The predicted molar refractivity (Wildman–Crippen MR) is 80.4 cm³/mol. The average molecular weight is 315 g/mol. The van der Waals surface area contributed by atoms with E-state index in [0.29, 0.717) is 5.56 Å². The Kier molecular flexibility index (Phi) is 3.09. The molecule has 1 amide bonds. The van der Waals surface area contributed by atoms with E-state index in [1.807, 2.05) is 54.7 Å². The Labute approximate surface area is 118 Å². The second kappa shape index (κ2) is 4.90. The molecular weight excluding hydrogens is 304 g/mol. The lowest BCUT2D eigenvalue weighted by Gasteiger charge is -2.08. The van der Waals surface area contributed by atoms with Crippen LogP contribution in [0.2, 0.25) is 0 Å². The van der Waals surface area contributed by atoms with Gasteiger partial charge in [0.25, 0.3) is 5.91 Å². The molecule has 0 radical (unpaired) electrons. The zero-order chi connectivity index (χ0) is 13.2. The highest BCUT2D eigenvalue weighted by atomic mass is 79.9. The normalized spacial score (nSPS) is 10.6. The van der Waals surface area contributed by atoms with Crippen molar-refractivity contribution < 1.29 is 4.79 Å². The van der Waals surface area contributed by atoms with Gasteiger partial charge < -0.3 is 10.3 Å². The van der Waals surface area contributed by atoms with Crippen LogP contribution in [0.1, 0.15) is 10.4 Å². The van der Waals surface area contributed by atoms with Crippen molar-refractivity contribution in [2.75, 3.05) is 5.32 Å². The highest BCUT2D eigenvalue weighted by molar-refractivity contribution is 9.10. The first kappa shape index (κ1) is 12.0. The van der Waals surface area contributed by atoms with Crippen molar-refractivity contribution in [3.63, 3.8) is 0 Å². The first-order valence-electron chi connectivity index (χ1n) is 5.88. The molecule has 0 bridgehead atoms. The molecule has 3 aromatic rings. The third kappa shape index (κ3) is 2.27. The van der Waals surface area contributed by atoms with Crippen LogP contribution >= 0.6 is 15.9 Å². The molecule has 94 valence electrons. The van der Waals surface area contributed by atoms with Gasteiger partial charge in [-0.25, -0.2) is 0 Å². The smallest absolute Gasteiger partial charge is 0.256 e. The number of benzene rings is 2. The molecule has 4 heteroatoms. The number of hydrogen-bond donors (Lipinski definition) is 2. The summed E-state index contributed by atoms with van der Waals surface area (Å²) in [5.41, 5.74) is 2.38. The van der Waals surface area contributed by atoms with Crippen molar-refractivity contribution in [3.05, 3.63) is 64.8 Å². The lowest BCUT2D eigenvalue weighted by molar-refractivity contribution is 0.102. The number of halogens is 1. The molecule has 0 saturated heterocycles. The minimum absolute atomic E-state index is 0.114. The summed E-state index contributed by atoms with van der Waals surface area (Å²) in [5, 5.41) is 3.83. The summed E-state index contributed by atoms with van der Waals surface area (Å²) >= 11 is 3.42. The molecule has 1 heterocycles. The first-order valence-corrected chi connectivity index (χ1v) is 6.67. The Morgan fingerprint density at radius 1 is 1.05 bits per heavy atom. The fourth-order valence-corrected chi connectivity index (χ4v) is 2.42. The second-order valence-electron chi connectivity index (χ2n) is 4.18. The van der Waals surface area contributed by atoms with Crippen molar-refractivity contribution in [2.24, 2.45) is 0 Å². The van der Waals surface area contributed by atoms with Crippen LogP contribution in [0, 0.1) is 0 Å². The molecule has 2 aromatic carbocycles. The van der Waals surface area contributed by atoms with E-state index in [-0.39, 0.29) is 5.91 Å². The van der Waals surface area contributed by atoms with Crippen molar-refractivity contribution >= 4 is 38.4 Å². The number of para-hydroxylation sites is 1. The van der Waals surface area contributed by atoms with Crippen LogP contribution in [-0.2, 0) is 0 Å². The Bertz CT molecular complexity index is 748. The maximum Gasteiger partial charge on any atom is 0.256 e. The SMILES string of the molecule is O=C(Nc1ccccc1Br)c1cccc2[nH]ccc12. The number of anilines is 1. The number of carbonyl (C=O) groups excluding carboxylic acids is 1. The van der Waals surface area contributed by atoms with Crippen molar-refractivity contribution in [1.29, 1.82) is 0 Å². The van der Waals surface area contributed by atoms with Gasteiger partial charge in [-0.05, 0) is 46.3 Å². The maximum absolute atomic E-state index is 12.3. The first-order chi connectivity index (χ1) is 9.25. The van der Waals surface area contributed by atoms with Crippen LogP contribution in [0.5, 0.6) is 0 Å². The van der Waals surface area contributed by atoms with Gasteiger partial charge in [-0.2, -0.15) is 0 Å². The molecule has 0 aliphatic rings. The summed E-state index contributed by atoms with van der Waals surface area (Å²) in [6.45, 7) is 0. The number of H-pyrrole nitrogens is 1. The van der Waals surface area contributed by atoms with Crippen LogP contribution in [0.3, 0.4) is 0 Å². The van der Waals surface area contributed by atoms with Gasteiger partial charge in [0.15, 0.2) is 0 Å². The Morgan fingerprint density at radius 3 is 2.74 bits per heavy atom. The van der Waals surface area contributed by atoms with E-state index in [1.165, 1.54) is 0 Å². The molecule has 19 heavy (non-hydrogen) atoms. The topological polar surface area (TPSA) is 44.9 Å². The Morgan fingerprint density at radius 2 is 1.89 bits per heavy atom. The van der Waals surface area contributed by atoms with Gasteiger partial charge in [-0.3, -0.25) is 4.79 Å². The van der Waals surface area contributed by atoms with E-state index in [9.17, 15) is 4.79 Å². The van der Waals surface area contributed by atoms with E-state index in [4.69, 9.17) is 0 Å². The molecule has 3 rings (SSSR count). The number of aromatic nitrogens is 1. The Hall–Kier alpha value is -2.07. The van der Waals surface area contributed by atoms with Crippen LogP contribution in [0.25, 0.3) is 10.9 Å². The predicted octanol–water partition coefficient (Wildman–Crippen LogP) is 4.18.